The van der Waals surface area contributed by atoms with Crippen molar-refractivity contribution in [3.05, 3.63) is 42.5 Å². The number of hydrogen-bond donors (Lipinski definition) is 1. The molecule has 1 aromatic heterocycles. The highest BCUT2D eigenvalue weighted by Gasteiger charge is 2.27. The summed E-state index contributed by atoms with van der Waals surface area (Å²) in [7, 11) is 0. The highest BCUT2D eigenvalue weighted by molar-refractivity contribution is 5.79. The van der Waals surface area contributed by atoms with Crippen LogP contribution in [0, 0.1) is 11.7 Å². The minimum Gasteiger partial charge on any atom is -0.356 e. The molecule has 6 heteroatoms. The van der Waals surface area contributed by atoms with Crippen LogP contribution in [0.15, 0.2) is 36.7 Å². The average molecular weight is 356 g/mol. The molecule has 1 aromatic carbocycles. The fraction of sp³-hybridized carbons (Fsp3) is 0.450. The fourth-order valence-corrected chi connectivity index (χ4v) is 3.17. The Labute approximate surface area is 153 Å². The predicted molar refractivity (Wildman–Crippen MR) is 100 cm³/mol. The third kappa shape index (κ3) is 4.56. The Hall–Kier alpha value is -2.50. The maximum absolute atomic E-state index is 13.5. The number of nitrogens with one attached hydrogen (secondary N) is 1. The Kier molecular flexibility index (Phi) is 5.20. The number of rotatable bonds is 3. The summed E-state index contributed by atoms with van der Waals surface area (Å²) in [6, 6.07) is 8.27. The molecule has 1 N–H and O–H groups in total. The highest BCUT2D eigenvalue weighted by atomic mass is 19.1. The average Bonchev–Trinajstić information content (AvgIpc) is 2.60. The first-order valence-corrected chi connectivity index (χ1v) is 8.97. The summed E-state index contributed by atoms with van der Waals surface area (Å²) in [5, 5.41) is 3.06. The molecule has 0 atom stereocenters. The molecule has 0 aliphatic carbocycles. The van der Waals surface area contributed by atoms with Crippen LogP contribution in [0.1, 0.15) is 33.6 Å². The first-order valence-electron chi connectivity index (χ1n) is 8.97. The van der Waals surface area contributed by atoms with Crippen molar-refractivity contribution in [3.63, 3.8) is 0 Å². The minimum atomic E-state index is -0.284. The number of carbonyl (C=O) groups is 1. The van der Waals surface area contributed by atoms with Gasteiger partial charge in [0.1, 0.15) is 18.0 Å². The summed E-state index contributed by atoms with van der Waals surface area (Å²) in [6.07, 6.45) is 3.09. The van der Waals surface area contributed by atoms with Crippen molar-refractivity contribution in [2.45, 2.75) is 39.2 Å². The Bertz CT molecular complexity index is 779. The van der Waals surface area contributed by atoms with Gasteiger partial charge >= 0.3 is 0 Å². The normalized spacial score (nSPS) is 15.8. The molecule has 0 saturated carbocycles. The Morgan fingerprint density at radius 1 is 1.19 bits per heavy atom. The van der Waals surface area contributed by atoms with Crippen molar-refractivity contribution in [2.75, 3.05) is 18.0 Å². The zero-order chi connectivity index (χ0) is 18.7. The Morgan fingerprint density at radius 3 is 2.58 bits per heavy atom. The summed E-state index contributed by atoms with van der Waals surface area (Å²) in [4.78, 5) is 23.1. The molecule has 1 saturated heterocycles. The van der Waals surface area contributed by atoms with E-state index in [0.29, 0.717) is 5.69 Å². The molecule has 0 bridgehead atoms. The van der Waals surface area contributed by atoms with Gasteiger partial charge in [0.15, 0.2) is 0 Å². The predicted octanol–water partition coefficient (Wildman–Crippen LogP) is 3.41. The zero-order valence-electron chi connectivity index (χ0n) is 15.5. The number of halogens is 1. The van der Waals surface area contributed by atoms with Crippen LogP contribution in [0.2, 0.25) is 0 Å². The Balaban J connectivity index is 1.67. The van der Waals surface area contributed by atoms with E-state index in [1.54, 1.807) is 6.07 Å². The summed E-state index contributed by atoms with van der Waals surface area (Å²) in [6.45, 7) is 7.52. The van der Waals surface area contributed by atoms with Crippen LogP contribution in [0.25, 0.3) is 11.3 Å². The molecule has 2 heterocycles. The number of benzene rings is 1. The highest BCUT2D eigenvalue weighted by Crippen LogP contribution is 2.25. The molecule has 1 aliphatic rings. The van der Waals surface area contributed by atoms with Crippen molar-refractivity contribution < 1.29 is 9.18 Å². The molecule has 5 nitrogen and oxygen atoms in total. The van der Waals surface area contributed by atoms with Gasteiger partial charge in [0.2, 0.25) is 5.91 Å². The molecular formula is C20H25FN4O. The number of anilines is 1. The summed E-state index contributed by atoms with van der Waals surface area (Å²) < 4.78 is 13.5. The van der Waals surface area contributed by atoms with E-state index in [4.69, 9.17) is 0 Å². The van der Waals surface area contributed by atoms with Crippen LogP contribution < -0.4 is 10.2 Å². The summed E-state index contributed by atoms with van der Waals surface area (Å²) >= 11 is 0. The molecule has 1 aliphatic heterocycles. The van der Waals surface area contributed by atoms with Crippen LogP contribution in [-0.2, 0) is 4.79 Å². The standard InChI is InChI=1S/C20H25FN4O/c1-20(2,3)24-19(26)14-7-9-25(10-8-14)18-12-17(22-13-23-18)15-5-4-6-16(21)11-15/h4-6,11-14H,7-10H2,1-3H3,(H,24,26). The maximum atomic E-state index is 13.5. The van der Waals surface area contributed by atoms with Gasteiger partial charge in [-0.1, -0.05) is 12.1 Å². The smallest absolute Gasteiger partial charge is 0.223 e. The molecule has 1 amide bonds. The second-order valence-electron chi connectivity index (χ2n) is 7.77. The first-order chi connectivity index (χ1) is 12.3. The van der Waals surface area contributed by atoms with Crippen LogP contribution in [0.3, 0.4) is 0 Å². The topological polar surface area (TPSA) is 58.1 Å². The molecule has 138 valence electrons. The molecule has 1 fully saturated rings. The largest absolute Gasteiger partial charge is 0.356 e. The van der Waals surface area contributed by atoms with E-state index in [-0.39, 0.29) is 23.2 Å². The third-order valence-corrected chi connectivity index (χ3v) is 4.46. The molecule has 2 aromatic rings. The lowest BCUT2D eigenvalue weighted by molar-refractivity contribution is -0.127. The molecule has 0 spiro atoms. The van der Waals surface area contributed by atoms with Crippen molar-refractivity contribution >= 4 is 11.7 Å². The van der Waals surface area contributed by atoms with Crippen molar-refractivity contribution in [1.29, 1.82) is 0 Å². The van der Waals surface area contributed by atoms with Gasteiger partial charge < -0.3 is 10.2 Å². The summed E-state index contributed by atoms with van der Waals surface area (Å²) in [5.41, 5.74) is 1.22. The van der Waals surface area contributed by atoms with Gasteiger partial charge in [-0.15, -0.1) is 0 Å². The van der Waals surface area contributed by atoms with Gasteiger partial charge in [-0.25, -0.2) is 14.4 Å². The number of carbonyl (C=O) groups excluding carboxylic acids is 1. The van der Waals surface area contributed by atoms with Gasteiger partial charge in [0.25, 0.3) is 0 Å². The van der Waals surface area contributed by atoms with Gasteiger partial charge in [-0.05, 0) is 45.7 Å². The SMILES string of the molecule is CC(C)(C)NC(=O)C1CCN(c2cc(-c3cccc(F)c3)ncn2)CC1. The van der Waals surface area contributed by atoms with E-state index in [1.807, 2.05) is 32.9 Å². The second kappa shape index (κ2) is 7.40. The van der Waals surface area contributed by atoms with Crippen LogP contribution in [-0.4, -0.2) is 34.5 Å². The number of hydrogen-bond acceptors (Lipinski definition) is 4. The van der Waals surface area contributed by atoms with E-state index < -0.39 is 0 Å². The fourth-order valence-electron chi connectivity index (χ4n) is 3.17. The van der Waals surface area contributed by atoms with Crippen LogP contribution in [0.4, 0.5) is 10.2 Å². The number of amides is 1. The van der Waals surface area contributed by atoms with E-state index in [1.165, 1.54) is 18.5 Å². The zero-order valence-corrected chi connectivity index (χ0v) is 15.5. The van der Waals surface area contributed by atoms with Gasteiger partial charge in [-0.3, -0.25) is 4.79 Å². The lowest BCUT2D eigenvalue weighted by Gasteiger charge is -2.33. The summed E-state index contributed by atoms with van der Waals surface area (Å²) in [5.74, 6) is 0.692. The molecular weight excluding hydrogens is 331 g/mol. The van der Waals surface area contributed by atoms with E-state index in [2.05, 4.69) is 20.2 Å². The molecule has 0 radical (unpaired) electrons. The van der Waals surface area contributed by atoms with E-state index >= 15 is 0 Å². The maximum Gasteiger partial charge on any atom is 0.223 e. The van der Waals surface area contributed by atoms with E-state index in [9.17, 15) is 9.18 Å². The van der Waals surface area contributed by atoms with Crippen molar-refractivity contribution in [3.8, 4) is 11.3 Å². The minimum absolute atomic E-state index is 0.0370. The lowest BCUT2D eigenvalue weighted by Crippen LogP contribution is -2.47. The monoisotopic (exact) mass is 356 g/mol. The quantitative estimate of drug-likeness (QED) is 0.916. The van der Waals surface area contributed by atoms with Crippen molar-refractivity contribution in [1.82, 2.24) is 15.3 Å². The number of aromatic nitrogens is 2. The first kappa shape index (κ1) is 18.3. The molecule has 0 unspecified atom stereocenters. The van der Waals surface area contributed by atoms with Gasteiger partial charge in [0.05, 0.1) is 5.69 Å². The molecule has 3 rings (SSSR count). The van der Waals surface area contributed by atoms with E-state index in [0.717, 1.165) is 37.3 Å². The van der Waals surface area contributed by atoms with Gasteiger partial charge in [0, 0.05) is 36.2 Å². The van der Waals surface area contributed by atoms with Crippen LogP contribution >= 0.6 is 0 Å². The van der Waals surface area contributed by atoms with Crippen molar-refractivity contribution in [2.24, 2.45) is 5.92 Å². The number of nitrogens with zero attached hydrogens (tertiary/aromatic N) is 3. The second-order valence-corrected chi connectivity index (χ2v) is 7.77. The van der Waals surface area contributed by atoms with Gasteiger partial charge in [-0.2, -0.15) is 0 Å². The Morgan fingerprint density at radius 2 is 1.92 bits per heavy atom. The molecule has 26 heavy (non-hydrogen) atoms. The lowest BCUT2D eigenvalue weighted by atomic mass is 9.94. The number of piperidine rings is 1. The van der Waals surface area contributed by atoms with Crippen LogP contribution in [0.5, 0.6) is 0 Å². The third-order valence-electron chi connectivity index (χ3n) is 4.46.